The van der Waals surface area contributed by atoms with Gasteiger partial charge in [-0.1, -0.05) is 16.8 Å². The molecular formula is C17H21ClN4O5S. The van der Waals surface area contributed by atoms with Crippen LogP contribution in [-0.4, -0.2) is 55.2 Å². The first-order chi connectivity index (χ1) is 13.3. The van der Waals surface area contributed by atoms with Gasteiger partial charge in [-0.15, -0.1) is 0 Å². The van der Waals surface area contributed by atoms with E-state index in [4.69, 9.17) is 20.9 Å². The number of carbonyl (C=O) groups excluding carboxylic acids is 1. The number of hydrogen-bond donors (Lipinski definition) is 1. The van der Waals surface area contributed by atoms with E-state index in [1.165, 1.54) is 23.7 Å². The number of methoxy groups -OCH3 is 1. The second-order valence-electron chi connectivity index (χ2n) is 6.51. The number of carbonyl (C=O) groups is 1. The summed E-state index contributed by atoms with van der Waals surface area (Å²) in [6, 6.07) is 4.77. The van der Waals surface area contributed by atoms with Crippen molar-refractivity contribution in [3.63, 3.8) is 0 Å². The first-order valence-electron chi connectivity index (χ1n) is 8.67. The molecule has 1 N–H and O–H groups in total. The van der Waals surface area contributed by atoms with Crippen LogP contribution in [0, 0.1) is 0 Å². The van der Waals surface area contributed by atoms with Gasteiger partial charge in [0.15, 0.2) is 5.82 Å². The van der Waals surface area contributed by atoms with Gasteiger partial charge in [0.1, 0.15) is 5.75 Å². The van der Waals surface area contributed by atoms with E-state index < -0.39 is 10.0 Å². The molecule has 0 unspecified atom stereocenters. The summed E-state index contributed by atoms with van der Waals surface area (Å²) in [5, 5.41) is 7.10. The van der Waals surface area contributed by atoms with Crippen molar-refractivity contribution in [1.29, 1.82) is 0 Å². The van der Waals surface area contributed by atoms with Gasteiger partial charge < -0.3 is 14.6 Å². The summed E-state index contributed by atoms with van der Waals surface area (Å²) in [6.45, 7) is 0.918. The summed E-state index contributed by atoms with van der Waals surface area (Å²) in [5.41, 5.74) is 0.308. The van der Waals surface area contributed by atoms with Crippen LogP contribution in [0.4, 0.5) is 0 Å². The molecule has 9 nitrogen and oxygen atoms in total. The molecule has 2 aromatic rings. The molecule has 28 heavy (non-hydrogen) atoms. The third-order valence-electron chi connectivity index (χ3n) is 4.58. The Kier molecular flexibility index (Phi) is 6.21. The lowest BCUT2D eigenvalue weighted by molar-refractivity contribution is 0.0943. The molecule has 1 aliphatic rings. The van der Waals surface area contributed by atoms with Crippen molar-refractivity contribution in [1.82, 2.24) is 19.8 Å². The summed E-state index contributed by atoms with van der Waals surface area (Å²) in [4.78, 5) is 16.7. The zero-order chi connectivity index (χ0) is 20.3. The fourth-order valence-corrected chi connectivity index (χ4v) is 4.11. The fraction of sp³-hybridized carbons (Fsp3) is 0.471. The number of ether oxygens (including phenoxy) is 1. The van der Waals surface area contributed by atoms with Crippen molar-refractivity contribution >= 4 is 27.5 Å². The Morgan fingerprint density at radius 3 is 2.75 bits per heavy atom. The van der Waals surface area contributed by atoms with Gasteiger partial charge in [0.2, 0.25) is 15.9 Å². The number of sulfonamides is 1. The molecule has 0 bridgehead atoms. The molecule has 3 rings (SSSR count). The summed E-state index contributed by atoms with van der Waals surface area (Å²) in [6.07, 6.45) is 2.45. The average Bonchev–Trinajstić information content (AvgIpc) is 3.14. The number of benzene rings is 1. The number of halogens is 1. The second-order valence-corrected chi connectivity index (χ2v) is 8.93. The standard InChI is InChI=1S/C17H21ClN4O5S/c1-26-14-4-3-12(18)9-13(14)17(23)19-10-15-20-16(21-27-15)11-5-7-22(8-6-11)28(2,24)25/h3-4,9,11H,5-8,10H2,1-2H3,(H,19,23). The zero-order valence-corrected chi connectivity index (χ0v) is 17.1. The van der Waals surface area contributed by atoms with Crippen LogP contribution >= 0.6 is 11.6 Å². The van der Waals surface area contributed by atoms with Crippen LogP contribution in [0.5, 0.6) is 5.75 Å². The molecule has 0 atom stereocenters. The number of nitrogens with one attached hydrogen (secondary N) is 1. The second kappa shape index (κ2) is 8.46. The maximum atomic E-state index is 12.4. The van der Waals surface area contributed by atoms with E-state index in [1.807, 2.05) is 0 Å². The average molecular weight is 429 g/mol. The van der Waals surface area contributed by atoms with Gasteiger partial charge >= 0.3 is 0 Å². The maximum Gasteiger partial charge on any atom is 0.255 e. The Bertz CT molecular complexity index is 954. The van der Waals surface area contributed by atoms with E-state index in [0.717, 1.165) is 0 Å². The van der Waals surface area contributed by atoms with Crippen molar-refractivity contribution in [2.24, 2.45) is 0 Å². The van der Waals surface area contributed by atoms with E-state index in [1.54, 1.807) is 12.1 Å². The summed E-state index contributed by atoms with van der Waals surface area (Å²) in [5.74, 6) is 0.859. The molecule has 1 amide bonds. The van der Waals surface area contributed by atoms with Gasteiger partial charge in [0.05, 0.1) is 25.5 Å². The first kappa shape index (κ1) is 20.6. The molecule has 1 aromatic carbocycles. The molecule has 11 heteroatoms. The highest BCUT2D eigenvalue weighted by atomic mass is 35.5. The molecule has 1 aromatic heterocycles. The van der Waals surface area contributed by atoms with Gasteiger partial charge in [-0.2, -0.15) is 4.98 Å². The molecule has 2 heterocycles. The largest absolute Gasteiger partial charge is 0.496 e. The summed E-state index contributed by atoms with van der Waals surface area (Å²) < 4.78 is 35.0. The predicted molar refractivity (Wildman–Crippen MR) is 102 cm³/mol. The molecule has 1 saturated heterocycles. The minimum absolute atomic E-state index is 0.0271. The number of nitrogens with zero attached hydrogens (tertiary/aromatic N) is 3. The molecule has 0 aliphatic carbocycles. The lowest BCUT2D eigenvalue weighted by Crippen LogP contribution is -2.37. The molecule has 0 radical (unpaired) electrons. The van der Waals surface area contributed by atoms with Crippen molar-refractivity contribution in [3.05, 3.63) is 40.5 Å². The highest BCUT2D eigenvalue weighted by molar-refractivity contribution is 7.88. The molecule has 0 spiro atoms. The maximum absolute atomic E-state index is 12.4. The molecule has 1 aliphatic heterocycles. The molecule has 0 saturated carbocycles. The van der Waals surface area contributed by atoms with Crippen molar-refractivity contribution < 1.29 is 22.5 Å². The van der Waals surface area contributed by atoms with E-state index in [0.29, 0.717) is 48.1 Å². The van der Waals surface area contributed by atoms with Gasteiger partial charge in [-0.25, -0.2) is 12.7 Å². The van der Waals surface area contributed by atoms with Crippen LogP contribution in [0.15, 0.2) is 22.7 Å². The van der Waals surface area contributed by atoms with E-state index in [9.17, 15) is 13.2 Å². The van der Waals surface area contributed by atoms with Crippen LogP contribution in [0.2, 0.25) is 5.02 Å². The minimum Gasteiger partial charge on any atom is -0.496 e. The Hall–Kier alpha value is -2.17. The van der Waals surface area contributed by atoms with Crippen LogP contribution in [0.3, 0.4) is 0 Å². The highest BCUT2D eigenvalue weighted by Gasteiger charge is 2.28. The van der Waals surface area contributed by atoms with E-state index in [-0.39, 0.29) is 24.3 Å². The Morgan fingerprint density at radius 2 is 2.11 bits per heavy atom. The van der Waals surface area contributed by atoms with Crippen LogP contribution in [-0.2, 0) is 16.6 Å². The number of amides is 1. The lowest BCUT2D eigenvalue weighted by Gasteiger charge is -2.28. The van der Waals surface area contributed by atoms with Crippen LogP contribution in [0.1, 0.15) is 40.8 Å². The van der Waals surface area contributed by atoms with Crippen molar-refractivity contribution in [3.8, 4) is 5.75 Å². The summed E-state index contributed by atoms with van der Waals surface area (Å²) in [7, 11) is -1.71. The third kappa shape index (κ3) is 4.81. The van der Waals surface area contributed by atoms with Crippen molar-refractivity contribution in [2.45, 2.75) is 25.3 Å². The van der Waals surface area contributed by atoms with Gasteiger partial charge in [0.25, 0.3) is 5.91 Å². The monoisotopic (exact) mass is 428 g/mol. The smallest absolute Gasteiger partial charge is 0.255 e. The number of hydrogen-bond acceptors (Lipinski definition) is 7. The van der Waals surface area contributed by atoms with Gasteiger partial charge in [-0.3, -0.25) is 4.79 Å². The predicted octanol–water partition coefficient (Wildman–Crippen LogP) is 1.80. The summed E-state index contributed by atoms with van der Waals surface area (Å²) >= 11 is 5.95. The van der Waals surface area contributed by atoms with E-state index >= 15 is 0 Å². The number of piperidine rings is 1. The number of rotatable bonds is 6. The lowest BCUT2D eigenvalue weighted by atomic mass is 9.98. The zero-order valence-electron chi connectivity index (χ0n) is 15.5. The number of aromatic nitrogens is 2. The fourth-order valence-electron chi connectivity index (χ4n) is 3.06. The van der Waals surface area contributed by atoms with Gasteiger partial charge in [0, 0.05) is 24.0 Å². The molecule has 1 fully saturated rings. The normalized spacial score (nSPS) is 16.1. The Balaban J connectivity index is 1.58. The Labute approximate surface area is 168 Å². The SMILES string of the molecule is COc1ccc(Cl)cc1C(=O)NCc1nc(C2CCN(S(C)(=O)=O)CC2)no1. The Morgan fingerprint density at radius 1 is 1.39 bits per heavy atom. The van der Waals surface area contributed by atoms with E-state index in [2.05, 4.69) is 15.5 Å². The highest BCUT2D eigenvalue weighted by Crippen LogP contribution is 2.27. The third-order valence-corrected chi connectivity index (χ3v) is 6.12. The van der Waals surface area contributed by atoms with Crippen LogP contribution < -0.4 is 10.1 Å². The molecular weight excluding hydrogens is 408 g/mol. The topological polar surface area (TPSA) is 115 Å². The molecule has 152 valence electrons. The first-order valence-corrected chi connectivity index (χ1v) is 10.9. The quantitative estimate of drug-likeness (QED) is 0.745. The van der Waals surface area contributed by atoms with Crippen LogP contribution in [0.25, 0.3) is 0 Å². The minimum atomic E-state index is -3.18. The van der Waals surface area contributed by atoms with Crippen molar-refractivity contribution in [2.75, 3.05) is 26.5 Å². The van der Waals surface area contributed by atoms with Gasteiger partial charge in [-0.05, 0) is 31.0 Å².